The molecule has 2 fully saturated rings. The van der Waals surface area contributed by atoms with Gasteiger partial charge in [0.25, 0.3) is 0 Å². The number of amides is 1. The van der Waals surface area contributed by atoms with Crippen LogP contribution in [-0.2, 0) is 16.1 Å². The summed E-state index contributed by atoms with van der Waals surface area (Å²) in [5.74, 6) is 0.955. The summed E-state index contributed by atoms with van der Waals surface area (Å²) in [5, 5.41) is 27.5. The molecule has 0 radical (unpaired) electrons. The summed E-state index contributed by atoms with van der Waals surface area (Å²) < 4.78 is 7.58. The topological polar surface area (TPSA) is 134 Å². The monoisotopic (exact) mass is 480 g/mol. The van der Waals surface area contributed by atoms with Gasteiger partial charge >= 0.3 is 0 Å². The largest absolute Gasteiger partial charge is 0.387 e. The zero-order valence-corrected chi connectivity index (χ0v) is 19.6. The average molecular weight is 481 g/mol. The zero-order valence-electron chi connectivity index (χ0n) is 19.6. The summed E-state index contributed by atoms with van der Waals surface area (Å²) in [5.41, 5.74) is 2.12. The van der Waals surface area contributed by atoms with E-state index in [-0.39, 0.29) is 12.5 Å². The molecule has 0 bridgehead atoms. The SMILES string of the molecule is O=C(CC1CCCCC1)NC[C@H]1OC(n2cnc3c(NCc4ccccc4)ncnc32)[C@H](O)[C@@H]1O. The van der Waals surface area contributed by atoms with Crippen LogP contribution in [0.1, 0.15) is 50.3 Å². The van der Waals surface area contributed by atoms with Crippen LogP contribution in [-0.4, -0.2) is 60.5 Å². The standard InChI is InChI=1S/C25H32N6O4/c32-19(11-16-7-3-1-4-8-16)26-13-18-21(33)22(34)25(35-18)31-15-30-20-23(28-14-29-24(20)31)27-12-17-9-5-2-6-10-17/h2,5-6,9-10,14-16,18,21-22,25,33-34H,1,3-4,7-8,11-13H2,(H,26,32)(H,27,28,29)/t18-,21-,22-,25?/m1/s1. The van der Waals surface area contributed by atoms with Gasteiger partial charge < -0.3 is 25.6 Å². The van der Waals surface area contributed by atoms with Crippen molar-refractivity contribution in [1.29, 1.82) is 0 Å². The van der Waals surface area contributed by atoms with Crippen molar-refractivity contribution >= 4 is 22.9 Å². The number of nitrogens with one attached hydrogen (secondary N) is 2. The molecule has 1 unspecified atom stereocenters. The van der Waals surface area contributed by atoms with Gasteiger partial charge in [0.15, 0.2) is 23.2 Å². The van der Waals surface area contributed by atoms with Crippen LogP contribution in [0.3, 0.4) is 0 Å². The highest BCUT2D eigenvalue weighted by molar-refractivity contribution is 5.82. The molecule has 10 nitrogen and oxygen atoms in total. The fourth-order valence-corrected chi connectivity index (χ4v) is 5.02. The van der Waals surface area contributed by atoms with E-state index in [1.807, 2.05) is 30.3 Å². The minimum absolute atomic E-state index is 0.0411. The van der Waals surface area contributed by atoms with Gasteiger partial charge in [0.05, 0.1) is 6.33 Å². The number of carbonyl (C=O) groups is 1. The molecule has 1 aliphatic carbocycles. The van der Waals surface area contributed by atoms with Crippen LogP contribution in [0.25, 0.3) is 11.2 Å². The predicted molar refractivity (Wildman–Crippen MR) is 129 cm³/mol. The Bertz CT molecular complexity index is 1130. The fourth-order valence-electron chi connectivity index (χ4n) is 5.02. The van der Waals surface area contributed by atoms with Gasteiger partial charge in [-0.2, -0.15) is 0 Å². The van der Waals surface area contributed by atoms with Crippen LogP contribution < -0.4 is 10.6 Å². The summed E-state index contributed by atoms with van der Waals surface area (Å²) in [7, 11) is 0. The summed E-state index contributed by atoms with van der Waals surface area (Å²) in [6, 6.07) is 9.94. The molecule has 5 rings (SSSR count). The minimum atomic E-state index is -1.19. The van der Waals surface area contributed by atoms with E-state index in [4.69, 9.17) is 4.74 Å². The molecule has 3 aromatic rings. The lowest BCUT2D eigenvalue weighted by molar-refractivity contribution is -0.123. The van der Waals surface area contributed by atoms with E-state index < -0.39 is 24.5 Å². The van der Waals surface area contributed by atoms with Gasteiger partial charge in [-0.1, -0.05) is 49.6 Å². The molecule has 2 aromatic heterocycles. The van der Waals surface area contributed by atoms with Gasteiger partial charge in [-0.15, -0.1) is 0 Å². The highest BCUT2D eigenvalue weighted by Gasteiger charge is 2.44. The van der Waals surface area contributed by atoms with Gasteiger partial charge in [-0.25, -0.2) is 15.0 Å². The smallest absolute Gasteiger partial charge is 0.220 e. The molecule has 0 spiro atoms. The molecule has 35 heavy (non-hydrogen) atoms. The molecule has 1 saturated carbocycles. The maximum atomic E-state index is 12.4. The molecule has 1 amide bonds. The molecule has 1 aromatic carbocycles. The Balaban J connectivity index is 1.23. The second-order valence-corrected chi connectivity index (χ2v) is 9.44. The Labute approximate surface area is 203 Å². The van der Waals surface area contributed by atoms with E-state index in [1.54, 1.807) is 4.57 Å². The van der Waals surface area contributed by atoms with Gasteiger partial charge in [0, 0.05) is 19.5 Å². The van der Waals surface area contributed by atoms with Crippen molar-refractivity contribution in [3.8, 4) is 0 Å². The lowest BCUT2D eigenvalue weighted by Crippen LogP contribution is -2.40. The minimum Gasteiger partial charge on any atom is -0.387 e. The third kappa shape index (κ3) is 5.29. The number of nitrogens with zero attached hydrogens (tertiary/aromatic N) is 4. The van der Waals surface area contributed by atoms with Crippen molar-refractivity contribution in [2.75, 3.05) is 11.9 Å². The first-order valence-electron chi connectivity index (χ1n) is 12.3. The first-order chi connectivity index (χ1) is 17.1. The number of aromatic nitrogens is 4. The summed E-state index contributed by atoms with van der Waals surface area (Å²) in [6.45, 7) is 0.704. The summed E-state index contributed by atoms with van der Waals surface area (Å²) in [6.07, 6.45) is 5.29. The third-order valence-electron chi connectivity index (χ3n) is 6.97. The molecule has 10 heteroatoms. The number of aliphatic hydroxyl groups excluding tert-OH is 2. The van der Waals surface area contributed by atoms with Crippen molar-refractivity contribution in [1.82, 2.24) is 24.8 Å². The Kier molecular flexibility index (Phi) is 7.21. The molecule has 2 aliphatic rings. The number of imidazole rings is 1. The molecule has 1 aliphatic heterocycles. The third-order valence-corrected chi connectivity index (χ3v) is 6.97. The van der Waals surface area contributed by atoms with E-state index in [9.17, 15) is 15.0 Å². The predicted octanol–water partition coefficient (Wildman–Crippen LogP) is 2.14. The molecule has 4 atom stereocenters. The van der Waals surface area contributed by atoms with Gasteiger partial charge in [0.2, 0.25) is 5.91 Å². The van der Waals surface area contributed by atoms with Gasteiger partial charge in [-0.05, 0) is 24.3 Å². The zero-order chi connectivity index (χ0) is 24.2. The maximum Gasteiger partial charge on any atom is 0.220 e. The number of fused-ring (bicyclic) bond motifs is 1. The number of hydrogen-bond donors (Lipinski definition) is 4. The lowest BCUT2D eigenvalue weighted by atomic mass is 9.87. The summed E-state index contributed by atoms with van der Waals surface area (Å²) >= 11 is 0. The van der Waals surface area contributed by atoms with Crippen molar-refractivity contribution in [3.63, 3.8) is 0 Å². The molecular formula is C25H32N6O4. The number of benzene rings is 1. The Morgan fingerprint density at radius 3 is 2.66 bits per heavy atom. The highest BCUT2D eigenvalue weighted by atomic mass is 16.6. The normalized spacial score (nSPS) is 25.1. The van der Waals surface area contributed by atoms with Crippen molar-refractivity contribution < 1.29 is 19.7 Å². The second kappa shape index (κ2) is 10.7. The van der Waals surface area contributed by atoms with E-state index in [2.05, 4.69) is 25.6 Å². The molecule has 4 N–H and O–H groups in total. The van der Waals surface area contributed by atoms with Crippen LogP contribution in [0.5, 0.6) is 0 Å². The number of aliphatic hydroxyl groups is 2. The number of hydrogen-bond acceptors (Lipinski definition) is 8. The molecular weight excluding hydrogens is 448 g/mol. The lowest BCUT2D eigenvalue weighted by Gasteiger charge is -2.21. The Hall–Kier alpha value is -3.08. The van der Waals surface area contributed by atoms with Gasteiger partial charge in [0.1, 0.15) is 24.6 Å². The van der Waals surface area contributed by atoms with E-state index >= 15 is 0 Å². The van der Waals surface area contributed by atoms with Crippen LogP contribution in [0.4, 0.5) is 5.82 Å². The number of ether oxygens (including phenoxy) is 1. The van der Waals surface area contributed by atoms with Crippen LogP contribution in [0.15, 0.2) is 43.0 Å². The summed E-state index contributed by atoms with van der Waals surface area (Å²) in [4.78, 5) is 25.5. The number of anilines is 1. The number of rotatable bonds is 8. The van der Waals surface area contributed by atoms with Crippen LogP contribution in [0.2, 0.25) is 0 Å². The number of carbonyl (C=O) groups excluding carboxylic acids is 1. The van der Waals surface area contributed by atoms with E-state index in [0.717, 1.165) is 18.4 Å². The van der Waals surface area contributed by atoms with Crippen molar-refractivity contribution in [2.45, 2.75) is 69.6 Å². The van der Waals surface area contributed by atoms with Crippen molar-refractivity contribution in [3.05, 3.63) is 48.5 Å². The Morgan fingerprint density at radius 1 is 1.06 bits per heavy atom. The van der Waals surface area contributed by atoms with E-state index in [0.29, 0.717) is 35.9 Å². The van der Waals surface area contributed by atoms with E-state index in [1.165, 1.54) is 31.9 Å². The fraction of sp³-hybridized carbons (Fsp3) is 0.520. The molecule has 1 saturated heterocycles. The van der Waals surface area contributed by atoms with Crippen LogP contribution >= 0.6 is 0 Å². The first-order valence-corrected chi connectivity index (χ1v) is 12.3. The first kappa shape index (κ1) is 23.7. The average Bonchev–Trinajstić information content (AvgIpc) is 3.44. The van der Waals surface area contributed by atoms with Crippen molar-refractivity contribution in [2.24, 2.45) is 5.92 Å². The molecule has 186 valence electrons. The van der Waals surface area contributed by atoms with Crippen LogP contribution in [0, 0.1) is 5.92 Å². The maximum absolute atomic E-state index is 12.4. The quantitative estimate of drug-likeness (QED) is 0.385. The van der Waals surface area contributed by atoms with Gasteiger partial charge in [-0.3, -0.25) is 9.36 Å². The Morgan fingerprint density at radius 2 is 1.86 bits per heavy atom. The molecule has 3 heterocycles. The highest BCUT2D eigenvalue weighted by Crippen LogP contribution is 2.32. The second-order valence-electron chi connectivity index (χ2n) is 9.44.